The van der Waals surface area contributed by atoms with Crippen molar-refractivity contribution < 1.29 is 49.6 Å². The number of aliphatic hydroxyl groups excluding tert-OH is 3. The first-order valence-electron chi connectivity index (χ1n) is 9.50. The molecule has 1 aliphatic heterocycles. The summed E-state index contributed by atoms with van der Waals surface area (Å²) in [6.45, 7) is 1.42. The Labute approximate surface area is 179 Å². The summed E-state index contributed by atoms with van der Waals surface area (Å²) in [5.41, 5.74) is -1.27. The number of ether oxygens (including phenoxy) is 2. The smallest absolute Gasteiger partial charge is 0.239 e. The summed E-state index contributed by atoms with van der Waals surface area (Å²) in [6.07, 6.45) is -7.41. The van der Waals surface area contributed by atoms with Gasteiger partial charge in [-0.2, -0.15) is 0 Å². The van der Waals surface area contributed by atoms with Crippen LogP contribution in [0, 0.1) is 0 Å². The summed E-state index contributed by atoms with van der Waals surface area (Å²) in [7, 11) is 0. The maximum absolute atomic E-state index is 13.2. The lowest BCUT2D eigenvalue weighted by molar-refractivity contribution is -0.268. The van der Waals surface area contributed by atoms with Crippen molar-refractivity contribution in [2.75, 3.05) is 0 Å². The van der Waals surface area contributed by atoms with Gasteiger partial charge < -0.3 is 49.6 Å². The molecule has 0 amide bonds. The lowest BCUT2D eigenvalue weighted by atomic mass is 10.00. The van der Waals surface area contributed by atoms with Gasteiger partial charge >= 0.3 is 0 Å². The van der Waals surface area contributed by atoms with Gasteiger partial charge in [0.25, 0.3) is 0 Å². The average Bonchev–Trinajstić information content (AvgIpc) is 2.71. The minimum atomic E-state index is -1.76. The molecule has 0 radical (unpaired) electrons. The predicted octanol–water partition coefficient (Wildman–Crippen LogP) is 0.489. The Kier molecular flexibility index (Phi) is 5.34. The Morgan fingerprint density at radius 3 is 2.25 bits per heavy atom. The largest absolute Gasteiger partial charge is 0.508 e. The van der Waals surface area contributed by atoms with Gasteiger partial charge in [-0.3, -0.25) is 4.79 Å². The van der Waals surface area contributed by atoms with Crippen LogP contribution in [0.4, 0.5) is 0 Å². The molecule has 7 N–H and O–H groups in total. The van der Waals surface area contributed by atoms with Crippen LogP contribution in [-0.2, 0) is 4.74 Å². The molecule has 1 fully saturated rings. The number of aliphatic hydroxyl groups is 3. The van der Waals surface area contributed by atoms with Crippen LogP contribution in [0.15, 0.2) is 39.5 Å². The summed E-state index contributed by atoms with van der Waals surface area (Å²) in [6, 6.07) is 5.39. The molecular weight excluding hydrogens is 428 g/mol. The van der Waals surface area contributed by atoms with Gasteiger partial charge in [0.2, 0.25) is 17.5 Å². The first-order chi connectivity index (χ1) is 15.1. The summed E-state index contributed by atoms with van der Waals surface area (Å²) in [5, 5.41) is 69.6. The Hall–Kier alpha value is -3.51. The molecule has 5 atom stereocenters. The number of aromatic hydroxyl groups is 4. The van der Waals surface area contributed by atoms with Crippen LogP contribution < -0.4 is 10.2 Å². The van der Waals surface area contributed by atoms with Crippen molar-refractivity contribution in [2.45, 2.75) is 37.6 Å². The standard InChI is InChI=1S/C21H20O11/c1-7-15(26)17(28)18(29)21(30-7)32-20-16(27)14-12(25)5-9(23)6-13(14)31-19(20)10-3-2-8(22)4-11(10)24/h2-7,15,17-18,21-26,28-29H,1H3/t7-,15-,17+,18+,21-/m1/s1. The van der Waals surface area contributed by atoms with Crippen molar-refractivity contribution in [3.05, 3.63) is 40.6 Å². The molecule has 0 spiro atoms. The van der Waals surface area contributed by atoms with Crippen molar-refractivity contribution in [2.24, 2.45) is 0 Å². The molecule has 0 bridgehead atoms. The zero-order valence-electron chi connectivity index (χ0n) is 16.5. The summed E-state index contributed by atoms with van der Waals surface area (Å²) in [4.78, 5) is 13.2. The Morgan fingerprint density at radius 2 is 1.56 bits per heavy atom. The first kappa shape index (κ1) is 21.7. The molecule has 4 rings (SSSR count). The highest BCUT2D eigenvalue weighted by atomic mass is 16.7. The number of benzene rings is 2. The fourth-order valence-electron chi connectivity index (χ4n) is 3.49. The Balaban J connectivity index is 1.93. The predicted molar refractivity (Wildman–Crippen MR) is 108 cm³/mol. The van der Waals surface area contributed by atoms with E-state index in [2.05, 4.69) is 0 Å². The molecule has 3 aromatic rings. The van der Waals surface area contributed by atoms with E-state index in [4.69, 9.17) is 13.9 Å². The van der Waals surface area contributed by atoms with E-state index in [1.54, 1.807) is 0 Å². The lowest BCUT2D eigenvalue weighted by Crippen LogP contribution is -2.58. The van der Waals surface area contributed by atoms with E-state index in [0.29, 0.717) is 0 Å². The Bertz CT molecular complexity index is 1230. The zero-order valence-corrected chi connectivity index (χ0v) is 16.5. The second kappa shape index (κ2) is 7.88. The summed E-state index contributed by atoms with van der Waals surface area (Å²) < 4.78 is 16.6. The van der Waals surface area contributed by atoms with Gasteiger partial charge in [0.1, 0.15) is 52.3 Å². The monoisotopic (exact) mass is 448 g/mol. The second-order valence-corrected chi connectivity index (χ2v) is 7.43. The third-order valence-electron chi connectivity index (χ3n) is 5.19. The first-order valence-corrected chi connectivity index (χ1v) is 9.50. The molecular formula is C21H20O11. The average molecular weight is 448 g/mol. The SMILES string of the molecule is C[C@H]1O[C@H](Oc2c(-c3ccc(O)cc3O)oc3cc(O)cc(O)c3c2=O)[C@@H](O)[C@@H](O)[C@@H]1O. The second-order valence-electron chi connectivity index (χ2n) is 7.43. The van der Waals surface area contributed by atoms with Gasteiger partial charge in [0.15, 0.2) is 5.76 Å². The quantitative estimate of drug-likeness (QED) is 0.295. The molecule has 0 aliphatic carbocycles. The van der Waals surface area contributed by atoms with Crippen molar-refractivity contribution in [3.63, 3.8) is 0 Å². The van der Waals surface area contributed by atoms with Crippen molar-refractivity contribution >= 4 is 11.0 Å². The Morgan fingerprint density at radius 1 is 0.875 bits per heavy atom. The van der Waals surface area contributed by atoms with Gasteiger partial charge in [0.05, 0.1) is 11.7 Å². The molecule has 1 aromatic heterocycles. The fraction of sp³-hybridized carbons (Fsp3) is 0.286. The number of hydrogen-bond donors (Lipinski definition) is 7. The molecule has 0 saturated carbocycles. The van der Waals surface area contributed by atoms with Gasteiger partial charge in [-0.1, -0.05) is 0 Å². The van der Waals surface area contributed by atoms with Crippen molar-refractivity contribution in [1.82, 2.24) is 0 Å². The minimum absolute atomic E-state index is 0.0986. The minimum Gasteiger partial charge on any atom is -0.508 e. The normalized spacial score (nSPS) is 25.7. The summed E-state index contributed by atoms with van der Waals surface area (Å²) >= 11 is 0. The molecule has 0 unspecified atom stereocenters. The van der Waals surface area contributed by atoms with E-state index in [1.165, 1.54) is 19.1 Å². The number of phenolic OH excluding ortho intramolecular Hbond substituents is 4. The van der Waals surface area contributed by atoms with Crippen molar-refractivity contribution in [3.8, 4) is 40.1 Å². The van der Waals surface area contributed by atoms with Gasteiger partial charge in [0, 0.05) is 18.2 Å². The summed E-state index contributed by atoms with van der Waals surface area (Å²) in [5.74, 6) is -2.74. The van der Waals surface area contributed by atoms with E-state index in [1.807, 2.05) is 0 Å². The lowest BCUT2D eigenvalue weighted by Gasteiger charge is -2.38. The highest BCUT2D eigenvalue weighted by Crippen LogP contribution is 2.40. The number of hydrogen-bond acceptors (Lipinski definition) is 11. The van der Waals surface area contributed by atoms with Gasteiger partial charge in [-0.15, -0.1) is 0 Å². The highest BCUT2D eigenvalue weighted by molar-refractivity contribution is 5.88. The topological polar surface area (TPSA) is 190 Å². The molecule has 2 heterocycles. The zero-order chi connectivity index (χ0) is 23.3. The molecule has 11 nitrogen and oxygen atoms in total. The fourth-order valence-corrected chi connectivity index (χ4v) is 3.49. The van der Waals surface area contributed by atoms with E-state index in [0.717, 1.165) is 18.2 Å². The maximum atomic E-state index is 13.2. The third kappa shape index (κ3) is 3.56. The molecule has 2 aromatic carbocycles. The van der Waals surface area contributed by atoms with Crippen LogP contribution in [0.1, 0.15) is 6.92 Å². The van der Waals surface area contributed by atoms with Crippen LogP contribution in [0.25, 0.3) is 22.3 Å². The van der Waals surface area contributed by atoms with Crippen LogP contribution >= 0.6 is 0 Å². The van der Waals surface area contributed by atoms with Crippen LogP contribution in [0.3, 0.4) is 0 Å². The molecule has 1 aliphatic rings. The van der Waals surface area contributed by atoms with Gasteiger partial charge in [-0.05, 0) is 19.1 Å². The van der Waals surface area contributed by atoms with Gasteiger partial charge in [-0.25, -0.2) is 0 Å². The number of phenols is 4. The molecule has 32 heavy (non-hydrogen) atoms. The van der Waals surface area contributed by atoms with Crippen LogP contribution in [-0.4, -0.2) is 66.5 Å². The third-order valence-corrected chi connectivity index (χ3v) is 5.19. The highest BCUT2D eigenvalue weighted by Gasteiger charge is 2.44. The van der Waals surface area contributed by atoms with E-state index >= 15 is 0 Å². The number of rotatable bonds is 3. The molecule has 1 saturated heterocycles. The molecule has 11 heteroatoms. The number of fused-ring (bicyclic) bond motifs is 1. The van der Waals surface area contributed by atoms with E-state index < -0.39 is 59.1 Å². The van der Waals surface area contributed by atoms with Crippen LogP contribution in [0.2, 0.25) is 0 Å². The van der Waals surface area contributed by atoms with Crippen molar-refractivity contribution in [1.29, 1.82) is 0 Å². The van der Waals surface area contributed by atoms with E-state index in [-0.39, 0.29) is 28.0 Å². The van der Waals surface area contributed by atoms with Crippen LogP contribution in [0.5, 0.6) is 28.7 Å². The van der Waals surface area contributed by atoms with E-state index in [9.17, 15) is 40.5 Å². The maximum Gasteiger partial charge on any atom is 0.239 e. The molecule has 170 valence electrons.